The first-order chi connectivity index (χ1) is 11.8. The minimum atomic E-state index is -0.699. The summed E-state index contributed by atoms with van der Waals surface area (Å²) >= 11 is -0.699. The molecule has 25 heavy (non-hydrogen) atoms. The van der Waals surface area contributed by atoms with Crippen molar-refractivity contribution < 1.29 is 14.0 Å². The molecule has 2 saturated heterocycles. The Morgan fingerprint density at radius 1 is 1.24 bits per heavy atom. The Balaban J connectivity index is 1.90. The lowest BCUT2D eigenvalue weighted by Crippen LogP contribution is -2.44. The molecule has 2 fully saturated rings. The number of nitrogens with zero attached hydrogens (tertiary/aromatic N) is 3. The molecule has 0 amide bonds. The fourth-order valence-electron chi connectivity index (χ4n) is 3.15. The van der Waals surface area contributed by atoms with Gasteiger partial charge in [-0.05, 0) is 27.7 Å². The lowest BCUT2D eigenvalue weighted by Gasteiger charge is -2.36. The number of hydrogen-bond donors (Lipinski definition) is 0. The Kier molecular flexibility index (Phi) is 5.65. The number of pyridine rings is 1. The Morgan fingerprint density at radius 3 is 2.60 bits per heavy atom. The average molecular weight is 368 g/mol. The molecule has 0 spiro atoms. The summed E-state index contributed by atoms with van der Waals surface area (Å²) in [5, 5.41) is 0. The Hall–Kier alpha value is -1.18. The van der Waals surface area contributed by atoms with Gasteiger partial charge >= 0.3 is 0 Å². The van der Waals surface area contributed by atoms with Crippen molar-refractivity contribution >= 4 is 22.7 Å². The number of ether oxygens (including phenoxy) is 2. The van der Waals surface area contributed by atoms with Gasteiger partial charge < -0.3 is 23.8 Å². The summed E-state index contributed by atoms with van der Waals surface area (Å²) in [5.74, 6) is 2.96. The zero-order valence-electron chi connectivity index (χ0n) is 15.7. The minimum absolute atomic E-state index is 0.303. The van der Waals surface area contributed by atoms with Crippen molar-refractivity contribution in [3.05, 3.63) is 12.1 Å². The molecular weight excluding hydrogens is 338 g/mol. The summed E-state index contributed by atoms with van der Waals surface area (Å²) in [6.07, 6.45) is 0. The van der Waals surface area contributed by atoms with Crippen LogP contribution in [0, 0.1) is 0 Å². The minimum Gasteiger partial charge on any atom is -0.616 e. The van der Waals surface area contributed by atoms with E-state index in [4.69, 9.17) is 14.5 Å². The quantitative estimate of drug-likeness (QED) is 0.762. The predicted octanol–water partition coefficient (Wildman–Crippen LogP) is 2.05. The summed E-state index contributed by atoms with van der Waals surface area (Å²) in [7, 11) is 0. The molecule has 0 aliphatic carbocycles. The molecule has 2 aliphatic heterocycles. The highest BCUT2D eigenvalue weighted by molar-refractivity contribution is 7.91. The van der Waals surface area contributed by atoms with Gasteiger partial charge in [-0.1, -0.05) is 11.2 Å². The molecule has 140 valence electrons. The van der Waals surface area contributed by atoms with Crippen LogP contribution in [-0.2, 0) is 15.9 Å². The summed E-state index contributed by atoms with van der Waals surface area (Å²) in [5.41, 5.74) is 0.815. The zero-order chi connectivity index (χ0) is 18.0. The average Bonchev–Trinajstić information content (AvgIpc) is 2.54. The van der Waals surface area contributed by atoms with Crippen LogP contribution >= 0.6 is 0 Å². The second-order valence-electron chi connectivity index (χ2n) is 7.69. The molecule has 0 aromatic carbocycles. The van der Waals surface area contributed by atoms with Gasteiger partial charge in [0.15, 0.2) is 0 Å². The van der Waals surface area contributed by atoms with E-state index in [1.807, 2.05) is 26.8 Å². The van der Waals surface area contributed by atoms with E-state index in [0.717, 1.165) is 44.4 Å². The monoisotopic (exact) mass is 367 g/mol. The molecule has 1 aromatic heterocycles. The third-order valence-electron chi connectivity index (χ3n) is 4.38. The largest absolute Gasteiger partial charge is 0.616 e. The van der Waals surface area contributed by atoms with Gasteiger partial charge in [-0.25, -0.2) is 0 Å². The molecule has 1 aromatic rings. The first kappa shape index (κ1) is 18.6. The summed E-state index contributed by atoms with van der Waals surface area (Å²) in [6, 6.07) is 4.48. The lowest BCUT2D eigenvalue weighted by atomic mass is 10.2. The van der Waals surface area contributed by atoms with Gasteiger partial charge in [0.25, 0.3) is 0 Å². The third-order valence-corrected chi connectivity index (χ3v) is 5.66. The van der Waals surface area contributed by atoms with Gasteiger partial charge in [-0.15, -0.1) is 0 Å². The van der Waals surface area contributed by atoms with Crippen LogP contribution in [0.5, 0.6) is 5.88 Å². The number of anilines is 2. The molecule has 3 rings (SSSR count). The van der Waals surface area contributed by atoms with Crippen LogP contribution in [0.1, 0.15) is 27.7 Å². The van der Waals surface area contributed by atoms with E-state index in [9.17, 15) is 4.55 Å². The molecule has 0 N–H and O–H groups in total. The smallest absolute Gasteiger partial charge is 0.217 e. The van der Waals surface area contributed by atoms with Crippen molar-refractivity contribution in [1.82, 2.24) is 4.98 Å². The molecule has 1 atom stereocenters. The van der Waals surface area contributed by atoms with E-state index in [2.05, 4.69) is 22.8 Å². The summed E-state index contributed by atoms with van der Waals surface area (Å²) in [4.78, 5) is 9.30. The summed E-state index contributed by atoms with van der Waals surface area (Å²) < 4.78 is 23.3. The van der Waals surface area contributed by atoms with E-state index < -0.39 is 11.2 Å². The molecule has 3 heterocycles. The predicted molar refractivity (Wildman–Crippen MR) is 102 cm³/mol. The Labute approximate surface area is 153 Å². The highest BCUT2D eigenvalue weighted by Gasteiger charge is 2.25. The molecule has 7 heteroatoms. The SMILES string of the molecule is C[C@@H]1COCCN1c1cc(OC(C)(C)C)nc(N2CC[S+]([O-])CC2)c1. The topological polar surface area (TPSA) is 60.9 Å². The van der Waals surface area contributed by atoms with Crippen molar-refractivity contribution in [3.63, 3.8) is 0 Å². The van der Waals surface area contributed by atoms with E-state index >= 15 is 0 Å². The van der Waals surface area contributed by atoms with Gasteiger partial charge in [-0.2, -0.15) is 4.98 Å². The lowest BCUT2D eigenvalue weighted by molar-refractivity contribution is 0.0986. The fraction of sp³-hybridized carbons (Fsp3) is 0.722. The van der Waals surface area contributed by atoms with Crippen LogP contribution < -0.4 is 14.5 Å². The van der Waals surface area contributed by atoms with Crippen LogP contribution in [0.3, 0.4) is 0 Å². The van der Waals surface area contributed by atoms with E-state index in [-0.39, 0.29) is 5.60 Å². The van der Waals surface area contributed by atoms with Crippen LogP contribution in [0.2, 0.25) is 0 Å². The van der Waals surface area contributed by atoms with E-state index in [1.165, 1.54) is 0 Å². The molecule has 0 saturated carbocycles. The van der Waals surface area contributed by atoms with Gasteiger partial charge in [0, 0.05) is 30.4 Å². The van der Waals surface area contributed by atoms with E-state index in [0.29, 0.717) is 23.4 Å². The van der Waals surface area contributed by atoms with Gasteiger partial charge in [0.1, 0.15) is 22.9 Å². The van der Waals surface area contributed by atoms with Gasteiger partial charge in [0.2, 0.25) is 5.88 Å². The van der Waals surface area contributed by atoms with Crippen LogP contribution in [0.4, 0.5) is 11.5 Å². The standard InChI is InChI=1S/C18H29N3O3S/c1-14-13-23-8-5-21(14)15-11-16(20-6-9-25(22)10-7-20)19-17(12-15)24-18(2,3)4/h11-12,14H,5-10,13H2,1-4H3/t14-/m1/s1. The second kappa shape index (κ2) is 7.60. The van der Waals surface area contributed by atoms with Crippen molar-refractivity contribution in [3.8, 4) is 5.88 Å². The van der Waals surface area contributed by atoms with E-state index in [1.54, 1.807) is 0 Å². The number of aromatic nitrogens is 1. The first-order valence-electron chi connectivity index (χ1n) is 8.97. The zero-order valence-corrected chi connectivity index (χ0v) is 16.5. The normalized spacial score (nSPS) is 23.0. The first-order valence-corrected chi connectivity index (χ1v) is 10.5. The fourth-order valence-corrected chi connectivity index (χ4v) is 4.20. The molecule has 6 nitrogen and oxygen atoms in total. The second-order valence-corrected chi connectivity index (χ2v) is 9.38. The highest BCUT2D eigenvalue weighted by atomic mass is 32.2. The third kappa shape index (κ3) is 4.92. The summed E-state index contributed by atoms with van der Waals surface area (Å²) in [6.45, 7) is 12.1. The molecule has 0 unspecified atom stereocenters. The van der Waals surface area contributed by atoms with Crippen LogP contribution in [0.15, 0.2) is 12.1 Å². The van der Waals surface area contributed by atoms with Crippen LogP contribution in [0.25, 0.3) is 0 Å². The number of morpholine rings is 1. The number of hydrogen-bond acceptors (Lipinski definition) is 6. The van der Waals surface area contributed by atoms with Gasteiger partial charge in [0.05, 0.1) is 26.3 Å². The van der Waals surface area contributed by atoms with Crippen LogP contribution in [-0.4, -0.2) is 65.5 Å². The van der Waals surface area contributed by atoms with Crippen molar-refractivity contribution in [1.29, 1.82) is 0 Å². The highest BCUT2D eigenvalue weighted by Crippen LogP contribution is 2.30. The Bertz CT molecular complexity index is 585. The van der Waals surface area contributed by atoms with Crippen molar-refractivity contribution in [2.45, 2.75) is 39.3 Å². The molecule has 2 aliphatic rings. The number of rotatable bonds is 3. The van der Waals surface area contributed by atoms with Crippen molar-refractivity contribution in [2.75, 3.05) is 54.2 Å². The molecule has 0 radical (unpaired) electrons. The Morgan fingerprint density at radius 2 is 1.96 bits per heavy atom. The van der Waals surface area contributed by atoms with Gasteiger partial charge in [-0.3, -0.25) is 0 Å². The maximum atomic E-state index is 11.7. The molecule has 0 bridgehead atoms. The van der Waals surface area contributed by atoms with Crippen molar-refractivity contribution in [2.24, 2.45) is 0 Å². The maximum absolute atomic E-state index is 11.7. The molecular formula is C18H29N3O3S. The maximum Gasteiger partial charge on any atom is 0.217 e.